The lowest BCUT2D eigenvalue weighted by Crippen LogP contribution is -2.05. The van der Waals surface area contributed by atoms with Crippen molar-refractivity contribution >= 4 is 16.9 Å². The Bertz CT molecular complexity index is 908. The fraction of sp³-hybridized carbons (Fsp3) is 0.150. The highest BCUT2D eigenvalue weighted by molar-refractivity contribution is 6.04. The van der Waals surface area contributed by atoms with Crippen LogP contribution in [-0.2, 0) is 4.74 Å². The molecule has 3 heteroatoms. The smallest absolute Gasteiger partial charge is 0.342 e. The van der Waals surface area contributed by atoms with Gasteiger partial charge in [-0.25, -0.2) is 4.79 Å². The molecule has 0 aliphatic heterocycles. The Kier molecular flexibility index (Phi) is 4.16. The van der Waals surface area contributed by atoms with E-state index in [-0.39, 0.29) is 5.97 Å². The molecule has 2 aromatic carbocycles. The van der Waals surface area contributed by atoms with Crippen molar-refractivity contribution in [3.05, 3.63) is 71.0 Å². The molecule has 0 atom stereocenters. The Morgan fingerprint density at radius 1 is 1.09 bits per heavy atom. The molecule has 0 saturated carbocycles. The number of carbonyl (C=O) groups excluding carboxylic acids is 1. The van der Waals surface area contributed by atoms with E-state index in [9.17, 15) is 4.79 Å². The first-order valence-electron chi connectivity index (χ1n) is 7.46. The van der Waals surface area contributed by atoms with Crippen LogP contribution in [0.5, 0.6) is 0 Å². The fourth-order valence-corrected chi connectivity index (χ4v) is 2.42. The van der Waals surface area contributed by atoms with Gasteiger partial charge in [0.25, 0.3) is 0 Å². The lowest BCUT2D eigenvalue weighted by atomic mass is 10.1. The van der Waals surface area contributed by atoms with E-state index in [4.69, 9.17) is 9.15 Å². The average molecular weight is 304 g/mol. The van der Waals surface area contributed by atoms with Crippen molar-refractivity contribution in [2.45, 2.75) is 13.8 Å². The summed E-state index contributed by atoms with van der Waals surface area (Å²) in [4.78, 5) is 12.1. The predicted molar refractivity (Wildman–Crippen MR) is 89.3 cm³/mol. The van der Waals surface area contributed by atoms with Crippen molar-refractivity contribution in [1.29, 1.82) is 0 Å². The van der Waals surface area contributed by atoms with Crippen molar-refractivity contribution < 1.29 is 13.9 Å². The van der Waals surface area contributed by atoms with Gasteiger partial charge in [0.2, 0.25) is 0 Å². The number of aryl methyl sites for hydroxylation is 1. The van der Waals surface area contributed by atoms with Gasteiger partial charge >= 0.3 is 5.97 Å². The van der Waals surface area contributed by atoms with Crippen LogP contribution in [0.3, 0.4) is 0 Å². The third-order valence-electron chi connectivity index (χ3n) is 3.47. The zero-order valence-electron chi connectivity index (χ0n) is 13.1. The zero-order valence-corrected chi connectivity index (χ0v) is 13.1. The lowest BCUT2D eigenvalue weighted by molar-refractivity contribution is 0.0526. The molecular weight excluding hydrogens is 288 g/mol. The van der Waals surface area contributed by atoms with E-state index in [1.165, 1.54) is 0 Å². The van der Waals surface area contributed by atoms with Crippen molar-refractivity contribution in [3.63, 3.8) is 0 Å². The lowest BCUT2D eigenvalue weighted by Gasteiger charge is -2.00. The summed E-state index contributed by atoms with van der Waals surface area (Å²) in [6.07, 6.45) is 0. The first-order chi connectivity index (χ1) is 11.2. The molecule has 0 bridgehead atoms. The molecule has 3 aromatic rings. The number of fused-ring (bicyclic) bond motifs is 1. The van der Waals surface area contributed by atoms with Crippen molar-refractivity contribution in [1.82, 2.24) is 0 Å². The fourth-order valence-electron chi connectivity index (χ4n) is 2.42. The van der Waals surface area contributed by atoms with Crippen LogP contribution < -0.4 is 0 Å². The van der Waals surface area contributed by atoms with Crippen LogP contribution in [0.2, 0.25) is 0 Å². The van der Waals surface area contributed by atoms with E-state index < -0.39 is 0 Å². The number of esters is 1. The molecule has 0 aliphatic rings. The Hall–Kier alpha value is -2.99. The van der Waals surface area contributed by atoms with Crippen molar-refractivity contribution in [2.75, 3.05) is 6.61 Å². The Labute approximate surface area is 134 Å². The highest BCUT2D eigenvalue weighted by atomic mass is 16.5. The summed E-state index contributed by atoms with van der Waals surface area (Å²) in [6, 6.07) is 15.4. The number of rotatable bonds is 2. The number of hydrogen-bond acceptors (Lipinski definition) is 3. The standard InChI is InChI=1S/C20H16O3/c1-3-22-20(21)19-14(2)23-18-12-11-16(13-17(18)19)10-9-15-7-5-4-6-8-15/h4-8,11-13H,3H2,1-2H3. The summed E-state index contributed by atoms with van der Waals surface area (Å²) in [7, 11) is 0. The van der Waals surface area contributed by atoms with Gasteiger partial charge in [0.1, 0.15) is 16.9 Å². The quantitative estimate of drug-likeness (QED) is 0.523. The van der Waals surface area contributed by atoms with Crippen LogP contribution in [0.4, 0.5) is 0 Å². The summed E-state index contributed by atoms with van der Waals surface area (Å²) in [5.74, 6) is 6.42. The highest BCUT2D eigenvalue weighted by Gasteiger charge is 2.19. The van der Waals surface area contributed by atoms with E-state index in [2.05, 4.69) is 11.8 Å². The second kappa shape index (κ2) is 6.41. The third kappa shape index (κ3) is 3.12. The molecule has 114 valence electrons. The molecule has 0 radical (unpaired) electrons. The van der Waals surface area contributed by atoms with E-state index in [0.29, 0.717) is 23.5 Å². The van der Waals surface area contributed by atoms with Crippen LogP contribution in [0, 0.1) is 18.8 Å². The van der Waals surface area contributed by atoms with Crippen LogP contribution in [0.1, 0.15) is 34.2 Å². The maximum absolute atomic E-state index is 12.1. The molecular formula is C20H16O3. The number of ether oxygens (including phenoxy) is 1. The van der Waals surface area contributed by atoms with Gasteiger partial charge in [-0.2, -0.15) is 0 Å². The molecule has 0 unspecified atom stereocenters. The number of benzene rings is 2. The molecule has 0 N–H and O–H groups in total. The number of furan rings is 1. The van der Waals surface area contributed by atoms with Crippen LogP contribution in [-0.4, -0.2) is 12.6 Å². The normalized spacial score (nSPS) is 10.2. The maximum Gasteiger partial charge on any atom is 0.342 e. The van der Waals surface area contributed by atoms with Gasteiger partial charge in [0, 0.05) is 16.5 Å². The Balaban J connectivity index is 2.03. The van der Waals surface area contributed by atoms with Gasteiger partial charge in [-0.05, 0) is 44.2 Å². The Morgan fingerprint density at radius 2 is 1.83 bits per heavy atom. The third-order valence-corrected chi connectivity index (χ3v) is 3.47. The summed E-state index contributed by atoms with van der Waals surface area (Å²) in [5.41, 5.74) is 2.91. The molecule has 3 rings (SSSR count). The second-order valence-electron chi connectivity index (χ2n) is 5.08. The molecule has 0 fully saturated rings. The minimum Gasteiger partial charge on any atom is -0.462 e. The monoisotopic (exact) mass is 304 g/mol. The van der Waals surface area contributed by atoms with Gasteiger partial charge in [0.05, 0.1) is 6.61 Å². The van der Waals surface area contributed by atoms with E-state index in [1.54, 1.807) is 13.8 Å². The first kappa shape index (κ1) is 14.9. The molecule has 23 heavy (non-hydrogen) atoms. The first-order valence-corrected chi connectivity index (χ1v) is 7.46. The molecule has 1 heterocycles. The van der Waals surface area contributed by atoms with Gasteiger partial charge < -0.3 is 9.15 Å². The number of hydrogen-bond donors (Lipinski definition) is 0. The second-order valence-corrected chi connectivity index (χ2v) is 5.08. The minimum absolute atomic E-state index is 0.332. The molecule has 0 amide bonds. The highest BCUT2D eigenvalue weighted by Crippen LogP contribution is 2.27. The van der Waals surface area contributed by atoms with Crippen LogP contribution >= 0.6 is 0 Å². The summed E-state index contributed by atoms with van der Waals surface area (Å²) in [5, 5.41) is 0.737. The maximum atomic E-state index is 12.1. The molecule has 1 aromatic heterocycles. The summed E-state index contributed by atoms with van der Waals surface area (Å²) >= 11 is 0. The molecule has 3 nitrogen and oxygen atoms in total. The molecule has 0 spiro atoms. The molecule has 0 saturated heterocycles. The zero-order chi connectivity index (χ0) is 16.2. The molecule has 0 aliphatic carbocycles. The minimum atomic E-state index is -0.364. The van der Waals surface area contributed by atoms with E-state index >= 15 is 0 Å². The summed E-state index contributed by atoms with van der Waals surface area (Å²) in [6.45, 7) is 3.88. The van der Waals surface area contributed by atoms with E-state index in [0.717, 1.165) is 16.5 Å². The largest absolute Gasteiger partial charge is 0.462 e. The predicted octanol–water partition coefficient (Wildman–Crippen LogP) is 4.32. The van der Waals surface area contributed by atoms with Crippen molar-refractivity contribution in [2.24, 2.45) is 0 Å². The Morgan fingerprint density at radius 3 is 2.57 bits per heavy atom. The topological polar surface area (TPSA) is 39.4 Å². The van der Waals surface area contributed by atoms with Gasteiger partial charge in [-0.1, -0.05) is 30.0 Å². The van der Waals surface area contributed by atoms with Crippen LogP contribution in [0.15, 0.2) is 52.9 Å². The van der Waals surface area contributed by atoms with Crippen LogP contribution in [0.25, 0.3) is 11.0 Å². The van der Waals surface area contributed by atoms with Gasteiger partial charge in [0.15, 0.2) is 0 Å². The van der Waals surface area contributed by atoms with Gasteiger partial charge in [-0.3, -0.25) is 0 Å². The van der Waals surface area contributed by atoms with Crippen molar-refractivity contribution in [3.8, 4) is 11.8 Å². The number of carbonyl (C=O) groups is 1. The van der Waals surface area contributed by atoms with Gasteiger partial charge in [-0.15, -0.1) is 0 Å². The van der Waals surface area contributed by atoms with E-state index in [1.807, 2.05) is 48.5 Å². The average Bonchev–Trinajstić information content (AvgIpc) is 2.89. The SMILES string of the molecule is CCOC(=O)c1c(C)oc2ccc(C#Cc3ccccc3)cc12. The summed E-state index contributed by atoms with van der Waals surface area (Å²) < 4.78 is 10.7.